The van der Waals surface area contributed by atoms with Crippen molar-refractivity contribution in [3.05, 3.63) is 0 Å². The average molecular weight is 242 g/mol. The maximum atomic E-state index is 11.6. The Labute approximate surface area is 105 Å². The van der Waals surface area contributed by atoms with Gasteiger partial charge in [0.05, 0.1) is 12.5 Å². The van der Waals surface area contributed by atoms with Crippen LogP contribution in [-0.4, -0.2) is 51.2 Å². The summed E-state index contributed by atoms with van der Waals surface area (Å²) in [6.45, 7) is 8.00. The number of nitrogens with zero attached hydrogens (tertiary/aromatic N) is 1. The quantitative estimate of drug-likeness (QED) is 0.734. The molecule has 0 bridgehead atoms. The average Bonchev–Trinajstić information content (AvgIpc) is 2.30. The second kappa shape index (κ2) is 6.36. The van der Waals surface area contributed by atoms with E-state index in [0.717, 1.165) is 32.1 Å². The van der Waals surface area contributed by atoms with Crippen LogP contribution in [0.3, 0.4) is 0 Å². The molecule has 0 aliphatic carbocycles. The Hall–Kier alpha value is -0.610. The van der Waals surface area contributed by atoms with Crippen molar-refractivity contribution in [2.75, 3.05) is 40.3 Å². The minimum Gasteiger partial charge on any atom is -0.469 e. The lowest BCUT2D eigenvalue weighted by atomic mass is 9.90. The van der Waals surface area contributed by atoms with Gasteiger partial charge in [0.1, 0.15) is 0 Å². The number of carbonyl (C=O) groups is 1. The summed E-state index contributed by atoms with van der Waals surface area (Å²) in [5, 5.41) is 3.24. The zero-order valence-corrected chi connectivity index (χ0v) is 11.6. The number of carbonyl (C=O) groups excluding carboxylic acids is 1. The minimum atomic E-state index is -0.398. The molecule has 0 spiro atoms. The van der Waals surface area contributed by atoms with Crippen LogP contribution in [0.5, 0.6) is 0 Å². The van der Waals surface area contributed by atoms with Gasteiger partial charge in [-0.25, -0.2) is 0 Å². The van der Waals surface area contributed by atoms with Crippen molar-refractivity contribution in [2.45, 2.75) is 26.7 Å². The standard InChI is InChI=1S/C13H26N2O2/c1-13(2,12(16)17-4)10-15-7-5-11(6-8-15)9-14-3/h11,14H,5-10H2,1-4H3. The summed E-state index contributed by atoms with van der Waals surface area (Å²) in [7, 11) is 3.47. The number of piperidine rings is 1. The fourth-order valence-corrected chi connectivity index (χ4v) is 2.54. The third-order valence-corrected chi connectivity index (χ3v) is 3.56. The molecule has 0 unspecified atom stereocenters. The van der Waals surface area contributed by atoms with Gasteiger partial charge in [0, 0.05) is 6.54 Å². The Morgan fingerprint density at radius 3 is 2.47 bits per heavy atom. The third-order valence-electron chi connectivity index (χ3n) is 3.56. The fraction of sp³-hybridized carbons (Fsp3) is 0.923. The Balaban J connectivity index is 2.37. The lowest BCUT2D eigenvalue weighted by molar-refractivity contribution is -0.152. The van der Waals surface area contributed by atoms with E-state index in [1.165, 1.54) is 20.0 Å². The smallest absolute Gasteiger partial charge is 0.312 e. The van der Waals surface area contributed by atoms with Crippen molar-refractivity contribution >= 4 is 5.97 Å². The monoisotopic (exact) mass is 242 g/mol. The second-order valence-electron chi connectivity index (χ2n) is 5.65. The first-order chi connectivity index (χ1) is 7.99. The first kappa shape index (κ1) is 14.5. The Morgan fingerprint density at radius 1 is 1.41 bits per heavy atom. The van der Waals surface area contributed by atoms with Crippen LogP contribution >= 0.6 is 0 Å². The summed E-state index contributed by atoms with van der Waals surface area (Å²) in [6.07, 6.45) is 2.44. The van der Waals surface area contributed by atoms with Gasteiger partial charge >= 0.3 is 5.97 Å². The maximum absolute atomic E-state index is 11.6. The van der Waals surface area contributed by atoms with Gasteiger partial charge in [0.25, 0.3) is 0 Å². The zero-order valence-electron chi connectivity index (χ0n) is 11.6. The van der Waals surface area contributed by atoms with Gasteiger partial charge in [-0.2, -0.15) is 0 Å². The Bertz CT molecular complexity index is 246. The molecule has 1 aliphatic rings. The summed E-state index contributed by atoms with van der Waals surface area (Å²) in [5.41, 5.74) is -0.398. The van der Waals surface area contributed by atoms with Crippen LogP contribution in [-0.2, 0) is 9.53 Å². The number of esters is 1. The van der Waals surface area contributed by atoms with Crippen LogP contribution in [0.2, 0.25) is 0 Å². The molecule has 0 aromatic heterocycles. The summed E-state index contributed by atoms with van der Waals surface area (Å²) < 4.78 is 4.84. The molecule has 4 nitrogen and oxygen atoms in total. The van der Waals surface area contributed by atoms with Crippen LogP contribution in [0, 0.1) is 11.3 Å². The number of nitrogens with one attached hydrogen (secondary N) is 1. The van der Waals surface area contributed by atoms with E-state index in [0.29, 0.717) is 0 Å². The normalized spacial score (nSPS) is 19.3. The van der Waals surface area contributed by atoms with Gasteiger partial charge in [-0.05, 0) is 59.3 Å². The van der Waals surface area contributed by atoms with E-state index < -0.39 is 5.41 Å². The van der Waals surface area contributed by atoms with E-state index in [2.05, 4.69) is 10.2 Å². The van der Waals surface area contributed by atoms with Crippen molar-refractivity contribution in [1.82, 2.24) is 10.2 Å². The molecule has 1 N–H and O–H groups in total. The Morgan fingerprint density at radius 2 is 2.00 bits per heavy atom. The van der Waals surface area contributed by atoms with Gasteiger partial charge < -0.3 is 15.0 Å². The number of methoxy groups -OCH3 is 1. The molecule has 1 saturated heterocycles. The molecule has 1 heterocycles. The van der Waals surface area contributed by atoms with Crippen LogP contribution in [0.4, 0.5) is 0 Å². The molecular weight excluding hydrogens is 216 g/mol. The lowest BCUT2D eigenvalue weighted by Gasteiger charge is -2.36. The van der Waals surface area contributed by atoms with E-state index >= 15 is 0 Å². The molecule has 100 valence electrons. The molecule has 0 aromatic rings. The minimum absolute atomic E-state index is 0.116. The van der Waals surface area contributed by atoms with Crippen molar-refractivity contribution < 1.29 is 9.53 Å². The van der Waals surface area contributed by atoms with Gasteiger partial charge in [0.2, 0.25) is 0 Å². The van der Waals surface area contributed by atoms with Crippen molar-refractivity contribution in [3.8, 4) is 0 Å². The number of rotatable bonds is 5. The highest BCUT2D eigenvalue weighted by molar-refractivity contribution is 5.76. The molecule has 0 amide bonds. The highest BCUT2D eigenvalue weighted by atomic mass is 16.5. The van der Waals surface area contributed by atoms with Crippen LogP contribution in [0.15, 0.2) is 0 Å². The van der Waals surface area contributed by atoms with Gasteiger partial charge in [-0.15, -0.1) is 0 Å². The van der Waals surface area contributed by atoms with E-state index in [1.807, 2.05) is 20.9 Å². The van der Waals surface area contributed by atoms with E-state index in [9.17, 15) is 4.79 Å². The van der Waals surface area contributed by atoms with Gasteiger partial charge in [-0.1, -0.05) is 0 Å². The number of hydrogen-bond donors (Lipinski definition) is 1. The first-order valence-corrected chi connectivity index (χ1v) is 6.45. The molecule has 1 rings (SSSR count). The van der Waals surface area contributed by atoms with Crippen molar-refractivity contribution in [1.29, 1.82) is 0 Å². The van der Waals surface area contributed by atoms with Crippen molar-refractivity contribution in [3.63, 3.8) is 0 Å². The molecule has 0 aromatic carbocycles. The predicted octanol–water partition coefficient (Wildman–Crippen LogP) is 1.12. The largest absolute Gasteiger partial charge is 0.469 e. The number of ether oxygens (including phenoxy) is 1. The molecule has 4 heteroatoms. The predicted molar refractivity (Wildman–Crippen MR) is 68.9 cm³/mol. The van der Waals surface area contributed by atoms with Crippen LogP contribution < -0.4 is 5.32 Å². The van der Waals surface area contributed by atoms with E-state index in [-0.39, 0.29) is 5.97 Å². The molecule has 0 atom stereocenters. The van der Waals surface area contributed by atoms with Gasteiger partial charge in [-0.3, -0.25) is 4.79 Å². The third kappa shape index (κ3) is 4.28. The maximum Gasteiger partial charge on any atom is 0.312 e. The summed E-state index contributed by atoms with van der Waals surface area (Å²) in [6, 6.07) is 0. The SMILES string of the molecule is CNCC1CCN(CC(C)(C)C(=O)OC)CC1. The lowest BCUT2D eigenvalue weighted by Crippen LogP contribution is -2.44. The molecule has 1 fully saturated rings. The molecule has 17 heavy (non-hydrogen) atoms. The van der Waals surface area contributed by atoms with E-state index in [4.69, 9.17) is 4.74 Å². The van der Waals surface area contributed by atoms with Crippen LogP contribution in [0.25, 0.3) is 0 Å². The molecule has 0 saturated carbocycles. The number of hydrogen-bond acceptors (Lipinski definition) is 4. The highest BCUT2D eigenvalue weighted by Gasteiger charge is 2.32. The number of likely N-dealkylation sites (tertiary alicyclic amines) is 1. The Kier molecular flexibility index (Phi) is 5.40. The zero-order chi connectivity index (χ0) is 12.9. The first-order valence-electron chi connectivity index (χ1n) is 6.45. The van der Waals surface area contributed by atoms with Crippen LogP contribution in [0.1, 0.15) is 26.7 Å². The molecule has 1 aliphatic heterocycles. The molecular formula is C13H26N2O2. The summed E-state index contributed by atoms with van der Waals surface area (Å²) >= 11 is 0. The fourth-order valence-electron chi connectivity index (χ4n) is 2.54. The topological polar surface area (TPSA) is 41.6 Å². The summed E-state index contributed by atoms with van der Waals surface area (Å²) in [5.74, 6) is 0.673. The highest BCUT2D eigenvalue weighted by Crippen LogP contribution is 2.23. The second-order valence-corrected chi connectivity index (χ2v) is 5.65. The van der Waals surface area contributed by atoms with E-state index in [1.54, 1.807) is 0 Å². The molecule has 0 radical (unpaired) electrons. The van der Waals surface area contributed by atoms with Gasteiger partial charge in [0.15, 0.2) is 0 Å². The summed E-state index contributed by atoms with van der Waals surface area (Å²) in [4.78, 5) is 14.0. The van der Waals surface area contributed by atoms with Crippen molar-refractivity contribution in [2.24, 2.45) is 11.3 Å².